The average molecular weight is 448 g/mol. The number of nitrogens with two attached hydrogens (primary N) is 1. The highest BCUT2D eigenvalue weighted by atomic mass is 19.4. The number of ether oxygens (including phenoxy) is 1. The van der Waals surface area contributed by atoms with Crippen LogP contribution in [0.2, 0.25) is 0 Å². The van der Waals surface area contributed by atoms with Crippen molar-refractivity contribution in [2.45, 2.75) is 56.3 Å². The summed E-state index contributed by atoms with van der Waals surface area (Å²) in [5.74, 6) is -5.73. The summed E-state index contributed by atoms with van der Waals surface area (Å²) >= 11 is 0. The number of unbranched alkanes of at least 4 members (excludes halogenated alkanes) is 1. The van der Waals surface area contributed by atoms with Gasteiger partial charge in [0.1, 0.15) is 5.54 Å². The fraction of sp³-hybridized carbons (Fsp3) is 0.550. The number of carboxylic acid groups (broad SMARTS) is 2. The molecule has 0 aliphatic rings. The average Bonchev–Trinajstić information content (AvgIpc) is 2.69. The van der Waals surface area contributed by atoms with E-state index >= 15 is 0 Å². The first kappa shape index (κ1) is 26.4. The first-order valence-corrected chi connectivity index (χ1v) is 9.70. The number of amides is 1. The van der Waals surface area contributed by atoms with E-state index < -0.39 is 41.6 Å². The summed E-state index contributed by atoms with van der Waals surface area (Å²) in [5.41, 5.74) is 4.62. The molecule has 1 aromatic rings. The van der Waals surface area contributed by atoms with Crippen LogP contribution in [0.3, 0.4) is 0 Å². The SMILES string of the molecule is CCO[C@@H](CC(C(=O)O)c1ccccc1)[C@](N)(CCCCNC(=O)C(F)(F)F)C(=O)O. The third-order valence-corrected chi connectivity index (χ3v) is 4.85. The smallest absolute Gasteiger partial charge is 0.471 e. The third-order valence-electron chi connectivity index (χ3n) is 4.85. The Hall–Kier alpha value is -2.66. The molecule has 0 saturated heterocycles. The predicted octanol–water partition coefficient (Wildman–Crippen LogP) is 2.28. The lowest BCUT2D eigenvalue weighted by Crippen LogP contribution is -2.59. The van der Waals surface area contributed by atoms with Crippen LogP contribution in [0, 0.1) is 0 Å². The number of carbonyl (C=O) groups excluding carboxylic acids is 1. The maximum Gasteiger partial charge on any atom is 0.471 e. The van der Waals surface area contributed by atoms with Gasteiger partial charge in [0, 0.05) is 13.2 Å². The van der Waals surface area contributed by atoms with Gasteiger partial charge in [-0.2, -0.15) is 13.2 Å². The number of carbonyl (C=O) groups is 3. The molecule has 1 unspecified atom stereocenters. The molecule has 1 rings (SSSR count). The van der Waals surface area contributed by atoms with Gasteiger partial charge in [-0.3, -0.25) is 14.4 Å². The maximum atomic E-state index is 12.2. The van der Waals surface area contributed by atoms with Crippen molar-refractivity contribution < 1.29 is 42.5 Å². The highest BCUT2D eigenvalue weighted by Crippen LogP contribution is 2.30. The Bertz CT molecular complexity index is 744. The molecule has 0 aliphatic heterocycles. The van der Waals surface area contributed by atoms with E-state index in [1.807, 2.05) is 0 Å². The van der Waals surface area contributed by atoms with Crippen molar-refractivity contribution in [3.63, 3.8) is 0 Å². The Labute approximate surface area is 177 Å². The van der Waals surface area contributed by atoms with E-state index in [1.54, 1.807) is 42.6 Å². The molecule has 11 heteroatoms. The van der Waals surface area contributed by atoms with Crippen LogP contribution in [0.15, 0.2) is 30.3 Å². The Morgan fingerprint density at radius 3 is 2.23 bits per heavy atom. The van der Waals surface area contributed by atoms with E-state index in [-0.39, 0.29) is 38.8 Å². The second kappa shape index (κ2) is 11.7. The quantitative estimate of drug-likeness (QED) is 0.340. The molecular weight excluding hydrogens is 421 g/mol. The highest BCUT2D eigenvalue weighted by Gasteiger charge is 2.45. The summed E-state index contributed by atoms with van der Waals surface area (Å²) < 4.78 is 42.1. The predicted molar refractivity (Wildman–Crippen MR) is 104 cm³/mol. The van der Waals surface area contributed by atoms with Gasteiger partial charge >= 0.3 is 24.0 Å². The Balaban J connectivity index is 2.89. The molecule has 0 heterocycles. The molecule has 31 heavy (non-hydrogen) atoms. The van der Waals surface area contributed by atoms with E-state index in [4.69, 9.17) is 10.5 Å². The van der Waals surface area contributed by atoms with E-state index in [2.05, 4.69) is 0 Å². The molecule has 0 saturated carbocycles. The number of aliphatic carboxylic acids is 2. The number of alkyl halides is 3. The number of hydrogen-bond donors (Lipinski definition) is 4. The minimum Gasteiger partial charge on any atom is -0.481 e. The van der Waals surface area contributed by atoms with Crippen molar-refractivity contribution in [1.29, 1.82) is 0 Å². The van der Waals surface area contributed by atoms with E-state index in [1.165, 1.54) is 0 Å². The van der Waals surface area contributed by atoms with E-state index in [9.17, 15) is 37.8 Å². The van der Waals surface area contributed by atoms with Crippen LogP contribution in [0.25, 0.3) is 0 Å². The number of hydrogen-bond acceptors (Lipinski definition) is 5. The number of halogens is 3. The van der Waals surface area contributed by atoms with Gasteiger partial charge in [-0.15, -0.1) is 0 Å². The minimum atomic E-state index is -5.00. The number of nitrogens with one attached hydrogen (secondary N) is 1. The van der Waals surface area contributed by atoms with Crippen molar-refractivity contribution in [2.75, 3.05) is 13.2 Å². The molecule has 0 aromatic heterocycles. The molecule has 8 nitrogen and oxygen atoms in total. The van der Waals surface area contributed by atoms with Gasteiger partial charge < -0.3 is 26.0 Å². The Morgan fingerprint density at radius 1 is 1.13 bits per heavy atom. The summed E-state index contributed by atoms with van der Waals surface area (Å²) in [5, 5.41) is 21.1. The van der Waals surface area contributed by atoms with Gasteiger partial charge in [0.2, 0.25) is 0 Å². The lowest BCUT2D eigenvalue weighted by atomic mass is 9.81. The number of rotatable bonds is 13. The van der Waals surface area contributed by atoms with Gasteiger partial charge in [0.25, 0.3) is 0 Å². The zero-order valence-electron chi connectivity index (χ0n) is 17.0. The Kier molecular flexibility index (Phi) is 9.92. The fourth-order valence-electron chi connectivity index (χ4n) is 3.16. The summed E-state index contributed by atoms with van der Waals surface area (Å²) in [6.07, 6.45) is -6.43. The van der Waals surface area contributed by atoms with Crippen molar-refractivity contribution in [3.8, 4) is 0 Å². The van der Waals surface area contributed by atoms with Gasteiger partial charge in [-0.1, -0.05) is 30.3 Å². The topological polar surface area (TPSA) is 139 Å². The lowest BCUT2D eigenvalue weighted by Gasteiger charge is -2.35. The molecular formula is C20H27F3N2O6. The molecule has 5 N–H and O–H groups in total. The zero-order valence-corrected chi connectivity index (χ0v) is 17.0. The molecule has 0 bridgehead atoms. The first-order chi connectivity index (χ1) is 14.4. The second-order valence-electron chi connectivity index (χ2n) is 7.04. The summed E-state index contributed by atoms with van der Waals surface area (Å²) in [6.45, 7) is 1.38. The monoisotopic (exact) mass is 448 g/mol. The van der Waals surface area contributed by atoms with Crippen LogP contribution in [-0.4, -0.2) is 59.0 Å². The van der Waals surface area contributed by atoms with E-state index in [0.717, 1.165) is 0 Å². The van der Waals surface area contributed by atoms with Gasteiger partial charge in [-0.05, 0) is 38.2 Å². The molecule has 1 aromatic carbocycles. The van der Waals surface area contributed by atoms with Crippen LogP contribution in [-0.2, 0) is 19.1 Å². The summed E-state index contributed by atoms with van der Waals surface area (Å²) in [6, 6.07) is 8.23. The van der Waals surface area contributed by atoms with Gasteiger partial charge in [0.05, 0.1) is 12.0 Å². The van der Waals surface area contributed by atoms with Crippen LogP contribution in [0.4, 0.5) is 13.2 Å². The van der Waals surface area contributed by atoms with Crippen LogP contribution >= 0.6 is 0 Å². The lowest BCUT2D eigenvalue weighted by molar-refractivity contribution is -0.173. The molecule has 174 valence electrons. The van der Waals surface area contributed by atoms with Gasteiger partial charge in [0.15, 0.2) is 0 Å². The standard InChI is InChI=1S/C20H27F3N2O6/c1-2-31-15(12-14(16(26)27)13-8-4-3-5-9-13)19(24,18(29)30)10-6-7-11-25-17(28)20(21,22)23/h3-5,8-9,14-15H,2,6-7,10-12,24H2,1H3,(H,25,28)(H,26,27)(H,29,30)/t14?,15-,19+/m0/s1. The van der Waals surface area contributed by atoms with Gasteiger partial charge in [-0.25, -0.2) is 0 Å². The third kappa shape index (κ3) is 7.83. The van der Waals surface area contributed by atoms with Crippen LogP contribution in [0.5, 0.6) is 0 Å². The largest absolute Gasteiger partial charge is 0.481 e. The van der Waals surface area contributed by atoms with E-state index in [0.29, 0.717) is 5.56 Å². The zero-order chi connectivity index (χ0) is 23.7. The molecule has 1 amide bonds. The van der Waals surface area contributed by atoms with Crippen molar-refractivity contribution >= 4 is 17.8 Å². The highest BCUT2D eigenvalue weighted by molar-refractivity contribution is 5.81. The fourth-order valence-corrected chi connectivity index (χ4v) is 3.16. The minimum absolute atomic E-state index is 0.0495. The molecule has 0 spiro atoms. The van der Waals surface area contributed by atoms with Crippen molar-refractivity contribution in [1.82, 2.24) is 5.32 Å². The second-order valence-corrected chi connectivity index (χ2v) is 7.04. The van der Waals surface area contributed by atoms with Crippen molar-refractivity contribution in [3.05, 3.63) is 35.9 Å². The molecule has 0 fully saturated rings. The number of carboxylic acids is 2. The molecule has 0 radical (unpaired) electrons. The normalized spacial score (nSPS) is 15.5. The summed E-state index contributed by atoms with van der Waals surface area (Å²) in [4.78, 5) is 34.6. The van der Waals surface area contributed by atoms with Crippen LogP contribution < -0.4 is 11.1 Å². The number of benzene rings is 1. The Morgan fingerprint density at radius 2 is 1.74 bits per heavy atom. The first-order valence-electron chi connectivity index (χ1n) is 9.70. The molecule has 3 atom stereocenters. The summed E-state index contributed by atoms with van der Waals surface area (Å²) in [7, 11) is 0. The molecule has 0 aliphatic carbocycles. The van der Waals surface area contributed by atoms with Crippen molar-refractivity contribution in [2.24, 2.45) is 5.73 Å². The van der Waals surface area contributed by atoms with Crippen LogP contribution in [0.1, 0.15) is 44.1 Å². The maximum absolute atomic E-state index is 12.2.